The van der Waals surface area contributed by atoms with Gasteiger partial charge in [0.1, 0.15) is 11.6 Å². The Morgan fingerprint density at radius 2 is 2.13 bits per heavy atom. The molecule has 2 N–H and O–H groups in total. The van der Waals surface area contributed by atoms with Crippen LogP contribution in [0.1, 0.15) is 49.2 Å². The average Bonchev–Trinajstić information content (AvgIpc) is 3.34. The Hall–Kier alpha value is -3.26. The number of aromatic amines is 1. The first-order valence-corrected chi connectivity index (χ1v) is 10.9. The average molecular weight is 436 g/mol. The smallest absolute Gasteiger partial charge is 0.218 e. The molecule has 1 aliphatic rings. The molecule has 1 atom stereocenters. The minimum absolute atomic E-state index is 0.315. The van der Waals surface area contributed by atoms with E-state index in [1.165, 1.54) is 30.4 Å². The SMILES string of the molecule is CCCCCc1ccccc1/C=C/C(=S)Nc1cccc2c1OC(c1nn[nH]n1)CO2. The number of H-pyrrole nitrogens is 1. The molecule has 0 fully saturated rings. The quantitative estimate of drug-likeness (QED) is 0.296. The standard InChI is InChI=1S/C23H25N5O2S/c1-2-3-4-8-16-9-5-6-10-17(16)13-14-21(31)24-18-11-7-12-19-22(18)30-20(15-29-19)23-25-27-28-26-23/h5-7,9-14,20H,2-4,8,15H2,1H3,(H,24,31)(H,25,26,27,28)/b14-13+. The third-order valence-corrected chi connectivity index (χ3v) is 5.29. The number of para-hydroxylation sites is 1. The summed E-state index contributed by atoms with van der Waals surface area (Å²) >= 11 is 5.56. The highest BCUT2D eigenvalue weighted by atomic mass is 32.1. The Labute approximate surface area is 186 Å². The van der Waals surface area contributed by atoms with Crippen LogP contribution in [0.2, 0.25) is 0 Å². The molecular formula is C23H25N5O2S. The van der Waals surface area contributed by atoms with E-state index < -0.39 is 6.10 Å². The maximum absolute atomic E-state index is 6.09. The lowest BCUT2D eigenvalue weighted by molar-refractivity contribution is 0.0861. The largest absolute Gasteiger partial charge is 0.485 e. The van der Waals surface area contributed by atoms with Crippen molar-refractivity contribution < 1.29 is 9.47 Å². The molecule has 0 amide bonds. The van der Waals surface area contributed by atoms with Gasteiger partial charge < -0.3 is 14.8 Å². The monoisotopic (exact) mass is 435 g/mol. The van der Waals surface area contributed by atoms with Gasteiger partial charge in [0.15, 0.2) is 17.6 Å². The number of nitrogens with zero attached hydrogens (tertiary/aromatic N) is 3. The predicted molar refractivity (Wildman–Crippen MR) is 124 cm³/mol. The Kier molecular flexibility index (Phi) is 6.89. The second-order valence-corrected chi connectivity index (χ2v) is 7.74. The second kappa shape index (κ2) is 10.2. The van der Waals surface area contributed by atoms with E-state index in [-0.39, 0.29) is 0 Å². The minimum atomic E-state index is -0.437. The van der Waals surface area contributed by atoms with Crippen LogP contribution in [0.3, 0.4) is 0 Å². The third kappa shape index (κ3) is 5.27. The molecule has 0 radical (unpaired) electrons. The number of anilines is 1. The number of ether oxygens (including phenoxy) is 2. The Bertz CT molecular complexity index is 1050. The van der Waals surface area contributed by atoms with Gasteiger partial charge in [-0.25, -0.2) is 0 Å². The van der Waals surface area contributed by atoms with Crippen LogP contribution in [-0.2, 0) is 6.42 Å². The van der Waals surface area contributed by atoms with Crippen LogP contribution in [0.25, 0.3) is 6.08 Å². The van der Waals surface area contributed by atoms with Gasteiger partial charge in [-0.1, -0.05) is 73.6 Å². The number of unbranched alkanes of at least 4 members (excludes halogenated alkanes) is 2. The van der Waals surface area contributed by atoms with Crippen molar-refractivity contribution in [2.24, 2.45) is 0 Å². The predicted octanol–water partition coefficient (Wildman–Crippen LogP) is 4.90. The Balaban J connectivity index is 1.46. The number of tetrazole rings is 1. The number of aryl methyl sites for hydroxylation is 1. The molecule has 1 unspecified atom stereocenters. The number of aromatic nitrogens is 4. The Morgan fingerprint density at radius 1 is 1.23 bits per heavy atom. The van der Waals surface area contributed by atoms with E-state index in [4.69, 9.17) is 21.7 Å². The van der Waals surface area contributed by atoms with Gasteiger partial charge >= 0.3 is 0 Å². The van der Waals surface area contributed by atoms with E-state index in [1.807, 2.05) is 24.3 Å². The molecule has 7 nitrogen and oxygen atoms in total. The van der Waals surface area contributed by atoms with E-state index >= 15 is 0 Å². The van der Waals surface area contributed by atoms with Crippen molar-refractivity contribution in [2.75, 3.05) is 11.9 Å². The van der Waals surface area contributed by atoms with Crippen LogP contribution in [0.4, 0.5) is 5.69 Å². The highest BCUT2D eigenvalue weighted by molar-refractivity contribution is 7.81. The first-order chi connectivity index (χ1) is 15.2. The first kappa shape index (κ1) is 21.0. The summed E-state index contributed by atoms with van der Waals surface area (Å²) in [6, 6.07) is 14.1. The van der Waals surface area contributed by atoms with Gasteiger partial charge in [-0.15, -0.1) is 10.2 Å². The van der Waals surface area contributed by atoms with Crippen LogP contribution in [0.5, 0.6) is 11.5 Å². The molecular weight excluding hydrogens is 410 g/mol. The molecule has 0 saturated carbocycles. The lowest BCUT2D eigenvalue weighted by Crippen LogP contribution is -2.23. The van der Waals surface area contributed by atoms with E-state index in [2.05, 4.69) is 63.2 Å². The van der Waals surface area contributed by atoms with Gasteiger partial charge in [-0.3, -0.25) is 0 Å². The molecule has 1 aromatic heterocycles. The zero-order chi connectivity index (χ0) is 21.5. The number of thiocarbonyl (C=S) groups is 1. The molecule has 2 aromatic carbocycles. The Morgan fingerprint density at radius 3 is 2.97 bits per heavy atom. The summed E-state index contributed by atoms with van der Waals surface area (Å²) in [5, 5.41) is 17.3. The molecule has 8 heteroatoms. The minimum Gasteiger partial charge on any atom is -0.485 e. The van der Waals surface area contributed by atoms with Crippen LogP contribution >= 0.6 is 12.2 Å². The number of hydrogen-bond acceptors (Lipinski definition) is 6. The molecule has 0 aliphatic carbocycles. The molecule has 3 aromatic rings. The van der Waals surface area contributed by atoms with Crippen LogP contribution in [-0.4, -0.2) is 32.2 Å². The summed E-state index contributed by atoms with van der Waals surface area (Å²) in [5.74, 6) is 1.68. The van der Waals surface area contributed by atoms with E-state index in [0.29, 0.717) is 28.9 Å². The highest BCUT2D eigenvalue weighted by Crippen LogP contribution is 2.41. The normalized spacial score (nSPS) is 15.2. The fourth-order valence-corrected chi connectivity index (χ4v) is 3.63. The van der Waals surface area contributed by atoms with E-state index in [0.717, 1.165) is 12.1 Å². The number of benzene rings is 2. The maximum Gasteiger partial charge on any atom is 0.218 e. The summed E-state index contributed by atoms with van der Waals surface area (Å²) in [4.78, 5) is 0.585. The van der Waals surface area contributed by atoms with Gasteiger partial charge in [0, 0.05) is 0 Å². The number of rotatable bonds is 8. The fourth-order valence-electron chi connectivity index (χ4n) is 3.45. The van der Waals surface area contributed by atoms with Gasteiger partial charge in [0.05, 0.1) is 5.69 Å². The van der Waals surface area contributed by atoms with Gasteiger partial charge in [0.2, 0.25) is 5.82 Å². The first-order valence-electron chi connectivity index (χ1n) is 10.5. The zero-order valence-electron chi connectivity index (χ0n) is 17.4. The van der Waals surface area contributed by atoms with Gasteiger partial charge in [0.25, 0.3) is 0 Å². The van der Waals surface area contributed by atoms with E-state index in [1.54, 1.807) is 0 Å². The van der Waals surface area contributed by atoms with Gasteiger partial charge in [-0.05, 0) is 42.2 Å². The zero-order valence-corrected chi connectivity index (χ0v) is 18.2. The molecule has 0 saturated heterocycles. The third-order valence-electron chi connectivity index (χ3n) is 5.06. The number of fused-ring (bicyclic) bond motifs is 1. The summed E-state index contributed by atoms with van der Waals surface area (Å²) in [5.41, 5.74) is 3.26. The molecule has 0 spiro atoms. The van der Waals surface area contributed by atoms with Crippen LogP contribution in [0.15, 0.2) is 48.5 Å². The van der Waals surface area contributed by atoms with E-state index in [9.17, 15) is 0 Å². The van der Waals surface area contributed by atoms with Crippen molar-refractivity contribution in [2.45, 2.75) is 38.7 Å². The van der Waals surface area contributed by atoms with Crippen LogP contribution < -0.4 is 14.8 Å². The second-order valence-electron chi connectivity index (χ2n) is 7.30. The van der Waals surface area contributed by atoms with Gasteiger partial charge in [-0.2, -0.15) is 5.21 Å². The molecule has 160 valence electrons. The summed E-state index contributed by atoms with van der Waals surface area (Å²) in [7, 11) is 0. The molecule has 4 rings (SSSR count). The molecule has 1 aliphatic heterocycles. The van der Waals surface area contributed by atoms with Crippen molar-refractivity contribution in [3.8, 4) is 11.5 Å². The van der Waals surface area contributed by atoms with Crippen LogP contribution in [0, 0.1) is 0 Å². The van der Waals surface area contributed by atoms with Crippen molar-refractivity contribution in [3.63, 3.8) is 0 Å². The number of hydrogen-bond donors (Lipinski definition) is 2. The summed E-state index contributed by atoms with van der Waals surface area (Å²) in [6.07, 6.45) is 8.26. The fraction of sp³-hybridized carbons (Fsp3) is 0.304. The van der Waals surface area contributed by atoms with Crippen molar-refractivity contribution >= 4 is 29.0 Å². The maximum atomic E-state index is 6.09. The topological polar surface area (TPSA) is 85.0 Å². The molecule has 0 bridgehead atoms. The van der Waals surface area contributed by atoms with Crippen molar-refractivity contribution in [1.29, 1.82) is 0 Å². The summed E-state index contributed by atoms with van der Waals surface area (Å²) < 4.78 is 11.9. The highest BCUT2D eigenvalue weighted by Gasteiger charge is 2.28. The van der Waals surface area contributed by atoms with Crippen molar-refractivity contribution in [3.05, 3.63) is 65.5 Å². The lowest BCUT2D eigenvalue weighted by Gasteiger charge is -2.26. The van der Waals surface area contributed by atoms with Crippen molar-refractivity contribution in [1.82, 2.24) is 20.6 Å². The summed E-state index contributed by atoms with van der Waals surface area (Å²) in [6.45, 7) is 2.53. The lowest BCUT2D eigenvalue weighted by atomic mass is 10.0. The molecule has 2 heterocycles. The molecule has 31 heavy (non-hydrogen) atoms. The number of nitrogens with one attached hydrogen (secondary N) is 2.